The van der Waals surface area contributed by atoms with E-state index in [4.69, 9.17) is 20.8 Å². The number of nitrogens with zero attached hydrogens (tertiary/aromatic N) is 2. The van der Waals surface area contributed by atoms with Crippen LogP contribution in [0.25, 0.3) is 22.2 Å². The summed E-state index contributed by atoms with van der Waals surface area (Å²) in [6, 6.07) is 13.8. The standard InChI is InChI=1S/C25H20ClFN2O4/c1-3-29(4-2)25(31)33-22-13-18-11-17(12-20(26)24(18)32-22)21-10-7-16(14-28-21)23(30)15-5-8-19(27)9-6-15/h5-14H,3-4H2,1-2H3. The lowest BCUT2D eigenvalue weighted by Gasteiger charge is -2.16. The van der Waals surface area contributed by atoms with E-state index in [1.54, 1.807) is 24.3 Å². The van der Waals surface area contributed by atoms with E-state index in [1.807, 2.05) is 19.9 Å². The molecule has 0 bridgehead atoms. The van der Waals surface area contributed by atoms with Crippen molar-refractivity contribution in [3.63, 3.8) is 0 Å². The fourth-order valence-electron chi connectivity index (χ4n) is 3.38. The summed E-state index contributed by atoms with van der Waals surface area (Å²) in [5.74, 6) is -0.608. The van der Waals surface area contributed by atoms with Gasteiger partial charge in [0, 0.05) is 47.4 Å². The predicted molar refractivity (Wildman–Crippen MR) is 123 cm³/mol. The molecule has 0 radical (unpaired) electrons. The number of benzene rings is 2. The minimum atomic E-state index is -0.501. The molecule has 0 aliphatic carbocycles. The van der Waals surface area contributed by atoms with E-state index in [0.717, 1.165) is 0 Å². The largest absolute Gasteiger partial charge is 0.424 e. The van der Waals surface area contributed by atoms with Crippen LogP contribution in [0.15, 0.2) is 65.2 Å². The molecule has 168 valence electrons. The Morgan fingerprint density at radius 3 is 2.36 bits per heavy atom. The molecule has 0 aliphatic heterocycles. The van der Waals surface area contributed by atoms with E-state index >= 15 is 0 Å². The first-order chi connectivity index (χ1) is 15.9. The van der Waals surface area contributed by atoms with Crippen molar-refractivity contribution in [2.24, 2.45) is 0 Å². The molecular formula is C25H20ClFN2O4. The molecule has 0 spiro atoms. The van der Waals surface area contributed by atoms with Crippen LogP contribution in [0.2, 0.25) is 5.02 Å². The van der Waals surface area contributed by atoms with Crippen molar-refractivity contribution in [1.29, 1.82) is 0 Å². The van der Waals surface area contributed by atoms with Crippen LogP contribution in [0.5, 0.6) is 5.95 Å². The van der Waals surface area contributed by atoms with Crippen LogP contribution >= 0.6 is 11.6 Å². The summed E-state index contributed by atoms with van der Waals surface area (Å²) in [5, 5.41) is 0.981. The minimum absolute atomic E-state index is 0.0501. The average Bonchev–Trinajstić information content (AvgIpc) is 3.23. The van der Waals surface area contributed by atoms with E-state index in [-0.39, 0.29) is 11.7 Å². The van der Waals surface area contributed by atoms with Gasteiger partial charge in [0.1, 0.15) is 5.82 Å². The molecule has 0 N–H and O–H groups in total. The molecule has 8 heteroatoms. The van der Waals surface area contributed by atoms with Gasteiger partial charge in [0.25, 0.3) is 5.95 Å². The monoisotopic (exact) mass is 466 g/mol. The van der Waals surface area contributed by atoms with Gasteiger partial charge >= 0.3 is 6.09 Å². The molecule has 33 heavy (non-hydrogen) atoms. The number of amides is 1. The molecule has 0 aliphatic rings. The lowest BCUT2D eigenvalue weighted by molar-refractivity contribution is 0.103. The zero-order valence-corrected chi connectivity index (χ0v) is 18.7. The number of hydrogen-bond acceptors (Lipinski definition) is 5. The van der Waals surface area contributed by atoms with Crippen LogP contribution in [-0.4, -0.2) is 34.8 Å². The van der Waals surface area contributed by atoms with E-state index in [9.17, 15) is 14.0 Å². The van der Waals surface area contributed by atoms with Gasteiger partial charge in [-0.1, -0.05) is 11.6 Å². The van der Waals surface area contributed by atoms with Gasteiger partial charge in [-0.2, -0.15) is 0 Å². The van der Waals surface area contributed by atoms with Crippen LogP contribution < -0.4 is 4.74 Å². The van der Waals surface area contributed by atoms with Crippen LogP contribution in [0.4, 0.5) is 9.18 Å². The topological polar surface area (TPSA) is 72.6 Å². The number of ether oxygens (including phenoxy) is 1. The molecular weight excluding hydrogens is 447 g/mol. The Hall–Kier alpha value is -3.71. The number of carbonyl (C=O) groups is 2. The Morgan fingerprint density at radius 1 is 1.03 bits per heavy atom. The number of aromatic nitrogens is 1. The highest BCUT2D eigenvalue weighted by atomic mass is 35.5. The van der Waals surface area contributed by atoms with Gasteiger partial charge in [-0.25, -0.2) is 9.18 Å². The molecule has 1 amide bonds. The highest BCUT2D eigenvalue weighted by molar-refractivity contribution is 6.35. The van der Waals surface area contributed by atoms with E-state index in [2.05, 4.69) is 4.98 Å². The highest BCUT2D eigenvalue weighted by Gasteiger charge is 2.17. The first kappa shape index (κ1) is 22.5. The Kier molecular flexibility index (Phi) is 6.42. The number of hydrogen-bond donors (Lipinski definition) is 0. The number of rotatable bonds is 6. The Bertz CT molecular complexity index is 1310. The third-order valence-electron chi connectivity index (χ3n) is 5.19. The highest BCUT2D eigenvalue weighted by Crippen LogP contribution is 2.35. The second-order valence-electron chi connectivity index (χ2n) is 7.25. The minimum Gasteiger partial charge on any atom is -0.424 e. The summed E-state index contributed by atoms with van der Waals surface area (Å²) in [4.78, 5) is 30.7. The molecule has 0 fully saturated rings. The second kappa shape index (κ2) is 9.42. The SMILES string of the molecule is CCN(CC)C(=O)Oc1cc2cc(-c3ccc(C(=O)c4ccc(F)cc4)cn3)cc(Cl)c2o1. The molecule has 0 saturated heterocycles. The summed E-state index contributed by atoms with van der Waals surface area (Å²) in [6.45, 7) is 4.76. The van der Waals surface area contributed by atoms with Crippen molar-refractivity contribution in [2.75, 3.05) is 13.1 Å². The van der Waals surface area contributed by atoms with Crippen molar-refractivity contribution in [3.8, 4) is 17.2 Å². The molecule has 4 rings (SSSR count). The zero-order chi connectivity index (χ0) is 23.5. The second-order valence-corrected chi connectivity index (χ2v) is 7.66. The van der Waals surface area contributed by atoms with Crippen molar-refractivity contribution < 1.29 is 23.1 Å². The number of carbonyl (C=O) groups excluding carboxylic acids is 2. The molecule has 0 saturated carbocycles. The fourth-order valence-corrected chi connectivity index (χ4v) is 3.65. The molecule has 2 heterocycles. The third-order valence-corrected chi connectivity index (χ3v) is 5.47. The van der Waals surface area contributed by atoms with Gasteiger partial charge in [-0.3, -0.25) is 9.78 Å². The Labute approximate surface area is 194 Å². The van der Waals surface area contributed by atoms with Crippen molar-refractivity contribution >= 4 is 34.4 Å². The average molecular weight is 467 g/mol. The van der Waals surface area contributed by atoms with Crippen molar-refractivity contribution in [2.45, 2.75) is 13.8 Å². The quantitative estimate of drug-likeness (QED) is 0.309. The summed E-state index contributed by atoms with van der Waals surface area (Å²) in [5.41, 5.74) is 2.45. The number of fused-ring (bicyclic) bond motifs is 1. The van der Waals surface area contributed by atoms with Gasteiger partial charge in [-0.15, -0.1) is 0 Å². The number of ketones is 1. The molecule has 0 unspecified atom stereocenters. The number of halogens is 2. The Morgan fingerprint density at radius 2 is 1.73 bits per heavy atom. The lowest BCUT2D eigenvalue weighted by Crippen LogP contribution is -2.32. The van der Waals surface area contributed by atoms with Gasteiger partial charge in [0.15, 0.2) is 11.4 Å². The van der Waals surface area contributed by atoms with Gasteiger partial charge < -0.3 is 14.1 Å². The van der Waals surface area contributed by atoms with Crippen LogP contribution in [0.3, 0.4) is 0 Å². The maximum absolute atomic E-state index is 13.1. The first-order valence-corrected chi connectivity index (χ1v) is 10.7. The number of furan rings is 1. The van der Waals surface area contributed by atoms with Gasteiger partial charge in [0.2, 0.25) is 0 Å². The molecule has 2 aromatic carbocycles. The molecule has 4 aromatic rings. The van der Waals surface area contributed by atoms with Crippen molar-refractivity contribution in [1.82, 2.24) is 9.88 Å². The molecule has 0 atom stereocenters. The summed E-state index contributed by atoms with van der Waals surface area (Å²) >= 11 is 6.40. The zero-order valence-electron chi connectivity index (χ0n) is 18.0. The van der Waals surface area contributed by atoms with Crippen LogP contribution in [-0.2, 0) is 0 Å². The third kappa shape index (κ3) is 4.73. The first-order valence-electron chi connectivity index (χ1n) is 10.4. The smallest absolute Gasteiger partial charge is 0.417 e. The lowest BCUT2D eigenvalue weighted by atomic mass is 10.0. The van der Waals surface area contributed by atoms with Gasteiger partial charge in [-0.05, 0) is 62.4 Å². The summed E-state index contributed by atoms with van der Waals surface area (Å²) < 4.78 is 24.0. The van der Waals surface area contributed by atoms with Crippen LogP contribution in [0, 0.1) is 5.82 Å². The van der Waals surface area contributed by atoms with E-state index < -0.39 is 11.9 Å². The molecule has 6 nitrogen and oxygen atoms in total. The van der Waals surface area contributed by atoms with Gasteiger partial charge in [0.05, 0.1) is 10.7 Å². The number of pyridine rings is 1. The normalized spacial score (nSPS) is 10.9. The maximum atomic E-state index is 13.1. The predicted octanol–water partition coefficient (Wildman–Crippen LogP) is 6.36. The fraction of sp³-hybridized carbons (Fsp3) is 0.160. The summed E-state index contributed by atoms with van der Waals surface area (Å²) in [6.07, 6.45) is 0.963. The Balaban J connectivity index is 1.58. The molecule has 2 aromatic heterocycles. The maximum Gasteiger partial charge on any atom is 0.417 e. The van der Waals surface area contributed by atoms with E-state index in [0.29, 0.717) is 51.5 Å². The van der Waals surface area contributed by atoms with Crippen LogP contribution in [0.1, 0.15) is 29.8 Å². The van der Waals surface area contributed by atoms with E-state index in [1.165, 1.54) is 35.4 Å². The van der Waals surface area contributed by atoms with Crippen molar-refractivity contribution in [3.05, 3.63) is 82.8 Å². The summed E-state index contributed by atoms with van der Waals surface area (Å²) in [7, 11) is 0.